The van der Waals surface area contributed by atoms with Crippen LogP contribution in [0.5, 0.6) is 0 Å². The molecule has 0 bridgehead atoms. The van der Waals surface area contributed by atoms with Crippen LogP contribution in [0.4, 0.5) is 0 Å². The van der Waals surface area contributed by atoms with Crippen molar-refractivity contribution in [2.45, 2.75) is 12.8 Å². The topological polar surface area (TPSA) is 12.9 Å². The number of hydrogen-bond acceptors (Lipinski definition) is 1. The monoisotopic (exact) mass is 281 g/mol. The molecular formula is C21H15N. The second-order valence-corrected chi connectivity index (χ2v) is 5.99. The van der Waals surface area contributed by atoms with Crippen molar-refractivity contribution in [3.63, 3.8) is 0 Å². The zero-order valence-electron chi connectivity index (χ0n) is 12.2. The van der Waals surface area contributed by atoms with E-state index in [1.807, 2.05) is 0 Å². The molecule has 1 heterocycles. The summed E-state index contributed by atoms with van der Waals surface area (Å²) >= 11 is 0. The molecule has 0 saturated carbocycles. The van der Waals surface area contributed by atoms with Gasteiger partial charge in [-0.3, -0.25) is 0 Å². The van der Waals surface area contributed by atoms with Gasteiger partial charge in [0, 0.05) is 10.8 Å². The molecule has 1 nitrogen and oxygen atoms in total. The van der Waals surface area contributed by atoms with Gasteiger partial charge < -0.3 is 0 Å². The van der Waals surface area contributed by atoms with Crippen molar-refractivity contribution < 1.29 is 0 Å². The van der Waals surface area contributed by atoms with Crippen molar-refractivity contribution >= 4 is 38.7 Å². The van der Waals surface area contributed by atoms with Crippen molar-refractivity contribution in [3.05, 3.63) is 71.8 Å². The molecule has 1 heteroatoms. The fourth-order valence-electron chi connectivity index (χ4n) is 3.58. The molecule has 1 aromatic heterocycles. The van der Waals surface area contributed by atoms with Crippen LogP contribution in [0.3, 0.4) is 0 Å². The SMILES string of the molecule is C1=Cc2c(ccc3nc4ccc5ccccc5c4cc23)CC1. The highest BCUT2D eigenvalue weighted by Crippen LogP contribution is 2.32. The highest BCUT2D eigenvalue weighted by atomic mass is 14.7. The second kappa shape index (κ2) is 4.41. The van der Waals surface area contributed by atoms with E-state index in [-0.39, 0.29) is 0 Å². The Kier molecular flexibility index (Phi) is 2.39. The average Bonchev–Trinajstić information content (AvgIpc) is 2.60. The molecule has 0 spiro atoms. The predicted octanol–water partition coefficient (Wildman–Crippen LogP) is 5.50. The number of hydrogen-bond donors (Lipinski definition) is 0. The summed E-state index contributed by atoms with van der Waals surface area (Å²) < 4.78 is 0. The van der Waals surface area contributed by atoms with Gasteiger partial charge in [-0.05, 0) is 52.9 Å². The smallest absolute Gasteiger partial charge is 0.0716 e. The molecule has 0 saturated heterocycles. The van der Waals surface area contributed by atoms with E-state index < -0.39 is 0 Å². The summed E-state index contributed by atoms with van der Waals surface area (Å²) in [5.74, 6) is 0. The number of benzene rings is 3. The summed E-state index contributed by atoms with van der Waals surface area (Å²) in [6, 6.07) is 19.6. The number of rotatable bonds is 0. The Bertz CT molecular complexity index is 1070. The number of aryl methyl sites for hydroxylation is 1. The molecule has 4 aromatic rings. The van der Waals surface area contributed by atoms with Crippen LogP contribution in [0, 0.1) is 0 Å². The molecular weight excluding hydrogens is 266 g/mol. The maximum atomic E-state index is 4.90. The van der Waals surface area contributed by atoms with E-state index in [4.69, 9.17) is 4.98 Å². The lowest BCUT2D eigenvalue weighted by Crippen LogP contribution is -1.96. The van der Waals surface area contributed by atoms with Crippen molar-refractivity contribution in [1.29, 1.82) is 0 Å². The molecule has 22 heavy (non-hydrogen) atoms. The van der Waals surface area contributed by atoms with Crippen LogP contribution in [-0.4, -0.2) is 4.98 Å². The van der Waals surface area contributed by atoms with Crippen molar-refractivity contribution in [2.24, 2.45) is 0 Å². The molecule has 0 N–H and O–H groups in total. The lowest BCUT2D eigenvalue weighted by Gasteiger charge is -2.14. The maximum absolute atomic E-state index is 4.90. The van der Waals surface area contributed by atoms with Crippen LogP contribution in [0.15, 0.2) is 60.7 Å². The maximum Gasteiger partial charge on any atom is 0.0716 e. The van der Waals surface area contributed by atoms with Crippen LogP contribution in [0.2, 0.25) is 0 Å². The predicted molar refractivity (Wildman–Crippen MR) is 94.1 cm³/mol. The van der Waals surface area contributed by atoms with Crippen LogP contribution >= 0.6 is 0 Å². The van der Waals surface area contributed by atoms with Gasteiger partial charge >= 0.3 is 0 Å². The third-order valence-corrected chi connectivity index (χ3v) is 4.70. The fraction of sp³-hybridized carbons (Fsp3) is 0.0952. The van der Waals surface area contributed by atoms with Gasteiger partial charge in [0.1, 0.15) is 0 Å². The van der Waals surface area contributed by atoms with Crippen molar-refractivity contribution in [2.75, 3.05) is 0 Å². The van der Waals surface area contributed by atoms with E-state index in [2.05, 4.69) is 66.7 Å². The summed E-state index contributed by atoms with van der Waals surface area (Å²) in [5.41, 5.74) is 4.96. The summed E-state index contributed by atoms with van der Waals surface area (Å²) in [6.45, 7) is 0. The highest BCUT2D eigenvalue weighted by Gasteiger charge is 2.11. The van der Waals surface area contributed by atoms with Gasteiger partial charge in [-0.1, -0.05) is 48.6 Å². The first-order chi connectivity index (χ1) is 10.9. The van der Waals surface area contributed by atoms with Crippen LogP contribution in [-0.2, 0) is 6.42 Å². The third-order valence-electron chi connectivity index (χ3n) is 4.70. The molecule has 0 aliphatic heterocycles. The Morgan fingerprint density at radius 1 is 0.773 bits per heavy atom. The van der Waals surface area contributed by atoms with E-state index in [0.717, 1.165) is 23.9 Å². The number of pyridine rings is 1. The van der Waals surface area contributed by atoms with Crippen LogP contribution in [0.25, 0.3) is 38.7 Å². The van der Waals surface area contributed by atoms with Gasteiger partial charge in [-0.2, -0.15) is 0 Å². The first-order valence-electron chi connectivity index (χ1n) is 7.81. The summed E-state index contributed by atoms with van der Waals surface area (Å²) in [7, 11) is 0. The van der Waals surface area contributed by atoms with Crippen LogP contribution < -0.4 is 0 Å². The lowest BCUT2D eigenvalue weighted by atomic mass is 9.92. The molecule has 5 rings (SSSR count). The Balaban J connectivity index is 1.98. The molecule has 104 valence electrons. The molecule has 0 fully saturated rings. The third kappa shape index (κ3) is 1.62. The van der Waals surface area contributed by atoms with E-state index in [9.17, 15) is 0 Å². The van der Waals surface area contributed by atoms with Crippen molar-refractivity contribution in [1.82, 2.24) is 4.98 Å². The van der Waals surface area contributed by atoms with Gasteiger partial charge in [-0.15, -0.1) is 0 Å². The average molecular weight is 281 g/mol. The summed E-state index contributed by atoms with van der Waals surface area (Å²) in [5, 5.41) is 5.08. The normalized spacial score (nSPS) is 13.8. The summed E-state index contributed by atoms with van der Waals surface area (Å²) in [6.07, 6.45) is 6.81. The first kappa shape index (κ1) is 11.9. The zero-order chi connectivity index (χ0) is 14.5. The minimum atomic E-state index is 1.07. The molecule has 0 amide bonds. The van der Waals surface area contributed by atoms with Gasteiger partial charge in [0.2, 0.25) is 0 Å². The highest BCUT2D eigenvalue weighted by molar-refractivity contribution is 6.10. The molecule has 3 aromatic carbocycles. The van der Waals surface area contributed by atoms with E-state index in [1.54, 1.807) is 0 Å². The molecule has 1 aliphatic carbocycles. The largest absolute Gasteiger partial charge is 0.248 e. The Hall–Kier alpha value is -2.67. The van der Waals surface area contributed by atoms with Gasteiger partial charge in [0.05, 0.1) is 11.0 Å². The Labute approximate surface area is 128 Å². The van der Waals surface area contributed by atoms with Crippen molar-refractivity contribution in [3.8, 4) is 0 Å². The summed E-state index contributed by atoms with van der Waals surface area (Å²) in [4.78, 5) is 4.90. The zero-order valence-corrected chi connectivity index (χ0v) is 12.2. The number of aromatic nitrogens is 1. The van der Waals surface area contributed by atoms with E-state index >= 15 is 0 Å². The number of allylic oxidation sites excluding steroid dienone is 1. The first-order valence-corrected chi connectivity index (χ1v) is 7.81. The Morgan fingerprint density at radius 3 is 2.64 bits per heavy atom. The van der Waals surface area contributed by atoms with Gasteiger partial charge in [0.25, 0.3) is 0 Å². The number of nitrogens with zero attached hydrogens (tertiary/aromatic N) is 1. The molecule has 0 atom stereocenters. The standard InChI is InChI=1S/C21H15N/c1-3-7-16-14(5-1)9-11-20-18(16)13-19-17-8-4-2-6-15(17)10-12-21(19)22-20/h1,3-5,7-13H,2,6H2. The van der Waals surface area contributed by atoms with Crippen LogP contribution in [0.1, 0.15) is 17.5 Å². The molecule has 0 radical (unpaired) electrons. The quantitative estimate of drug-likeness (QED) is 0.306. The van der Waals surface area contributed by atoms with Gasteiger partial charge in [-0.25, -0.2) is 4.98 Å². The fourth-order valence-corrected chi connectivity index (χ4v) is 3.58. The Morgan fingerprint density at radius 2 is 1.64 bits per heavy atom. The number of fused-ring (bicyclic) bond motifs is 6. The lowest BCUT2D eigenvalue weighted by molar-refractivity contribution is 0.989. The molecule has 0 unspecified atom stereocenters. The van der Waals surface area contributed by atoms with E-state index in [0.29, 0.717) is 0 Å². The molecule has 1 aliphatic rings. The minimum absolute atomic E-state index is 1.07. The van der Waals surface area contributed by atoms with E-state index in [1.165, 1.54) is 32.7 Å². The minimum Gasteiger partial charge on any atom is -0.248 e. The second-order valence-electron chi connectivity index (χ2n) is 5.99. The van der Waals surface area contributed by atoms with Gasteiger partial charge in [0.15, 0.2) is 0 Å².